The number of aromatic nitrogens is 1. The first kappa shape index (κ1) is 22.8. The maximum atomic E-state index is 12.9. The number of benzene rings is 2. The summed E-state index contributed by atoms with van der Waals surface area (Å²) in [6, 6.07) is 12.3. The molecule has 0 saturated heterocycles. The molecule has 0 atom stereocenters. The van der Waals surface area contributed by atoms with Gasteiger partial charge in [-0.3, -0.25) is 9.59 Å². The van der Waals surface area contributed by atoms with E-state index in [1.165, 1.54) is 25.6 Å². The summed E-state index contributed by atoms with van der Waals surface area (Å²) in [6.45, 7) is 4.06. The lowest BCUT2D eigenvalue weighted by Crippen LogP contribution is -2.22. The Bertz CT molecular complexity index is 1210. The van der Waals surface area contributed by atoms with Gasteiger partial charge in [-0.15, -0.1) is 11.8 Å². The van der Waals surface area contributed by atoms with Crippen molar-refractivity contribution in [3.63, 3.8) is 0 Å². The molecule has 7 nitrogen and oxygen atoms in total. The third-order valence-electron chi connectivity index (χ3n) is 4.27. The maximum absolute atomic E-state index is 12.9. The lowest BCUT2D eigenvalue weighted by atomic mass is 10.2. The molecule has 0 aliphatic rings. The number of carbonyl (C=O) groups is 3. The van der Waals surface area contributed by atoms with Crippen LogP contribution in [0.2, 0.25) is 0 Å². The van der Waals surface area contributed by atoms with E-state index in [2.05, 4.69) is 18.8 Å². The molecule has 1 aromatic heterocycles. The molecule has 0 unspecified atom stereocenters. The van der Waals surface area contributed by atoms with Crippen LogP contribution in [0.3, 0.4) is 0 Å². The molecule has 0 bridgehead atoms. The molecule has 0 N–H and O–H groups in total. The Balaban J connectivity index is 2.09. The number of thiazole rings is 1. The van der Waals surface area contributed by atoms with E-state index in [0.717, 1.165) is 4.90 Å². The van der Waals surface area contributed by atoms with Gasteiger partial charge in [0.25, 0.3) is 5.91 Å². The highest BCUT2D eigenvalue weighted by atomic mass is 32.2. The van der Waals surface area contributed by atoms with Crippen molar-refractivity contribution in [3.8, 4) is 0 Å². The summed E-state index contributed by atoms with van der Waals surface area (Å²) in [7, 11) is 2.61. The van der Waals surface area contributed by atoms with E-state index in [9.17, 15) is 14.4 Å². The van der Waals surface area contributed by atoms with Crippen molar-refractivity contribution in [1.82, 2.24) is 4.57 Å². The van der Waals surface area contributed by atoms with E-state index in [1.807, 2.05) is 18.2 Å². The molecule has 2 aromatic carbocycles. The van der Waals surface area contributed by atoms with Crippen LogP contribution in [0.5, 0.6) is 0 Å². The topological polar surface area (TPSA) is 87.0 Å². The molecular weight excluding hydrogens is 436 g/mol. The van der Waals surface area contributed by atoms with Gasteiger partial charge in [0.2, 0.25) is 0 Å². The van der Waals surface area contributed by atoms with Crippen LogP contribution in [0, 0.1) is 0 Å². The predicted molar refractivity (Wildman–Crippen MR) is 120 cm³/mol. The second-order valence-electron chi connectivity index (χ2n) is 6.83. The highest BCUT2D eigenvalue weighted by molar-refractivity contribution is 7.99. The van der Waals surface area contributed by atoms with Gasteiger partial charge in [-0.2, -0.15) is 4.99 Å². The number of ether oxygens (including phenoxy) is 2. The van der Waals surface area contributed by atoms with Gasteiger partial charge in [0.15, 0.2) is 4.80 Å². The van der Waals surface area contributed by atoms with Crippen molar-refractivity contribution in [2.45, 2.75) is 30.5 Å². The number of carbonyl (C=O) groups excluding carboxylic acids is 3. The number of methoxy groups -OCH3 is 2. The summed E-state index contributed by atoms with van der Waals surface area (Å²) in [4.78, 5) is 42.3. The molecule has 1 heterocycles. The highest BCUT2D eigenvalue weighted by Gasteiger charge is 2.15. The zero-order chi connectivity index (χ0) is 22.5. The molecule has 0 aliphatic carbocycles. The van der Waals surface area contributed by atoms with Gasteiger partial charge in [-0.05, 0) is 36.4 Å². The third kappa shape index (κ3) is 5.42. The zero-order valence-electron chi connectivity index (χ0n) is 17.6. The van der Waals surface area contributed by atoms with Gasteiger partial charge in [0.1, 0.15) is 6.54 Å². The first-order valence-electron chi connectivity index (χ1n) is 9.46. The van der Waals surface area contributed by atoms with Crippen LogP contribution in [-0.4, -0.2) is 41.9 Å². The number of fused-ring (bicyclic) bond motifs is 1. The van der Waals surface area contributed by atoms with Crippen LogP contribution < -0.4 is 4.80 Å². The third-order valence-corrected chi connectivity index (χ3v) is 6.31. The minimum Gasteiger partial charge on any atom is -0.468 e. The Morgan fingerprint density at radius 3 is 2.52 bits per heavy atom. The van der Waals surface area contributed by atoms with E-state index in [1.54, 1.807) is 40.6 Å². The van der Waals surface area contributed by atoms with E-state index in [-0.39, 0.29) is 6.54 Å². The Morgan fingerprint density at radius 1 is 1.06 bits per heavy atom. The number of hydrogen-bond donors (Lipinski definition) is 0. The standard InChI is InChI=1S/C22H22N2O5S2/c1-13(2)30-16-7-5-6-14(10-16)20(26)23-22-24(12-19(25)28-3)17-9-8-15(21(27)29-4)11-18(17)31-22/h5-11,13H,12H2,1-4H3. The minimum absolute atomic E-state index is 0.108. The fourth-order valence-electron chi connectivity index (χ4n) is 2.88. The summed E-state index contributed by atoms with van der Waals surface area (Å²) in [5.74, 6) is -1.35. The molecule has 0 fully saturated rings. The zero-order valence-corrected chi connectivity index (χ0v) is 19.2. The molecule has 162 valence electrons. The average molecular weight is 459 g/mol. The summed E-state index contributed by atoms with van der Waals surface area (Å²) in [5.41, 5.74) is 1.50. The van der Waals surface area contributed by atoms with Gasteiger partial charge in [0, 0.05) is 15.7 Å². The van der Waals surface area contributed by atoms with Gasteiger partial charge in [-0.25, -0.2) is 4.79 Å². The van der Waals surface area contributed by atoms with Crippen molar-refractivity contribution < 1.29 is 23.9 Å². The van der Waals surface area contributed by atoms with E-state index >= 15 is 0 Å². The molecule has 3 aromatic rings. The number of hydrogen-bond acceptors (Lipinski definition) is 7. The SMILES string of the molecule is COC(=O)Cn1c(=NC(=O)c2cccc(SC(C)C)c2)sc2cc(C(=O)OC)ccc21. The largest absolute Gasteiger partial charge is 0.468 e. The van der Waals surface area contributed by atoms with Crippen LogP contribution in [0.1, 0.15) is 34.6 Å². The Morgan fingerprint density at radius 2 is 1.84 bits per heavy atom. The average Bonchev–Trinajstić information content (AvgIpc) is 3.08. The monoisotopic (exact) mass is 458 g/mol. The number of nitrogens with zero attached hydrogens (tertiary/aromatic N) is 2. The number of amides is 1. The molecule has 3 rings (SSSR count). The highest BCUT2D eigenvalue weighted by Crippen LogP contribution is 2.24. The second kappa shape index (κ2) is 9.93. The lowest BCUT2D eigenvalue weighted by molar-refractivity contribution is -0.141. The quantitative estimate of drug-likeness (QED) is 0.411. The van der Waals surface area contributed by atoms with Crippen LogP contribution in [-0.2, 0) is 20.8 Å². The number of esters is 2. The Labute approximate surface area is 187 Å². The molecular formula is C22H22N2O5S2. The van der Waals surface area contributed by atoms with Crippen molar-refractivity contribution in [2.75, 3.05) is 14.2 Å². The van der Waals surface area contributed by atoms with Crippen molar-refractivity contribution in [1.29, 1.82) is 0 Å². The summed E-state index contributed by atoms with van der Waals surface area (Å²) in [6.07, 6.45) is 0. The fourth-order valence-corrected chi connectivity index (χ4v) is 4.84. The molecule has 9 heteroatoms. The van der Waals surface area contributed by atoms with Gasteiger partial charge < -0.3 is 14.0 Å². The van der Waals surface area contributed by atoms with E-state index in [4.69, 9.17) is 9.47 Å². The second-order valence-corrected chi connectivity index (χ2v) is 9.49. The normalized spacial score (nSPS) is 11.7. The van der Waals surface area contributed by atoms with Crippen LogP contribution in [0.4, 0.5) is 0 Å². The van der Waals surface area contributed by atoms with Gasteiger partial charge in [-0.1, -0.05) is 31.3 Å². The van der Waals surface area contributed by atoms with Crippen molar-refractivity contribution in [2.24, 2.45) is 4.99 Å². The Hall–Kier alpha value is -2.91. The fraction of sp³-hybridized carbons (Fsp3) is 0.273. The van der Waals surface area contributed by atoms with Crippen molar-refractivity contribution >= 4 is 51.2 Å². The van der Waals surface area contributed by atoms with E-state index < -0.39 is 17.8 Å². The Kier molecular flexibility index (Phi) is 7.29. The molecule has 1 amide bonds. The smallest absolute Gasteiger partial charge is 0.337 e. The first-order valence-corrected chi connectivity index (χ1v) is 11.2. The molecule has 0 saturated carbocycles. The van der Waals surface area contributed by atoms with Gasteiger partial charge in [0.05, 0.1) is 30.0 Å². The van der Waals surface area contributed by atoms with Crippen LogP contribution >= 0.6 is 23.1 Å². The number of thioether (sulfide) groups is 1. The first-order chi connectivity index (χ1) is 14.8. The predicted octanol–water partition coefficient (Wildman–Crippen LogP) is 3.90. The maximum Gasteiger partial charge on any atom is 0.337 e. The summed E-state index contributed by atoms with van der Waals surface area (Å²) < 4.78 is 11.9. The molecule has 31 heavy (non-hydrogen) atoms. The van der Waals surface area contributed by atoms with Crippen LogP contribution in [0.25, 0.3) is 10.2 Å². The van der Waals surface area contributed by atoms with Crippen LogP contribution in [0.15, 0.2) is 52.4 Å². The molecule has 0 radical (unpaired) electrons. The van der Waals surface area contributed by atoms with Crippen molar-refractivity contribution in [3.05, 3.63) is 58.4 Å². The summed E-state index contributed by atoms with van der Waals surface area (Å²) in [5, 5.41) is 0.385. The molecule has 0 aliphatic heterocycles. The minimum atomic E-state index is -0.471. The van der Waals surface area contributed by atoms with E-state index in [0.29, 0.717) is 31.4 Å². The lowest BCUT2D eigenvalue weighted by Gasteiger charge is -2.06. The summed E-state index contributed by atoms with van der Waals surface area (Å²) >= 11 is 2.87. The van der Waals surface area contributed by atoms with Gasteiger partial charge >= 0.3 is 11.9 Å². The molecule has 0 spiro atoms. The number of rotatable bonds is 6.